The van der Waals surface area contributed by atoms with Crippen LogP contribution in [0.2, 0.25) is 0 Å². The van der Waals surface area contributed by atoms with E-state index >= 15 is 0 Å². The maximum atomic E-state index is 2.45. The molecule has 0 amide bonds. The SMILES string of the molecule is CCCC(CCC)CC1CCC(CC)C(CC(CC)CCC(C)CC)C1. The minimum atomic E-state index is 0.925. The highest BCUT2D eigenvalue weighted by Gasteiger charge is 2.31. The van der Waals surface area contributed by atoms with E-state index in [2.05, 4.69) is 41.5 Å². The maximum absolute atomic E-state index is 2.45. The zero-order valence-corrected chi connectivity index (χ0v) is 19.4. The van der Waals surface area contributed by atoms with Crippen molar-refractivity contribution in [1.82, 2.24) is 0 Å². The molecule has 0 bridgehead atoms. The Morgan fingerprint density at radius 2 is 1.38 bits per heavy atom. The highest BCUT2D eigenvalue weighted by Crippen LogP contribution is 2.43. The second-order valence-corrected chi connectivity index (χ2v) is 9.89. The van der Waals surface area contributed by atoms with E-state index in [0.717, 1.165) is 35.5 Å². The predicted octanol–water partition coefficient (Wildman–Crippen LogP) is 9.28. The van der Waals surface area contributed by atoms with Gasteiger partial charge in [-0.1, -0.05) is 106 Å². The summed E-state index contributed by atoms with van der Waals surface area (Å²) in [5.41, 5.74) is 0. The first kappa shape index (κ1) is 24.0. The molecule has 0 heterocycles. The van der Waals surface area contributed by atoms with Crippen molar-refractivity contribution < 1.29 is 0 Å². The second-order valence-electron chi connectivity index (χ2n) is 9.89. The van der Waals surface area contributed by atoms with Crippen LogP contribution in [0, 0.1) is 35.5 Å². The van der Waals surface area contributed by atoms with Crippen molar-refractivity contribution in [2.45, 2.75) is 131 Å². The van der Waals surface area contributed by atoms with Gasteiger partial charge in [-0.3, -0.25) is 0 Å². The Hall–Kier alpha value is 0. The number of hydrogen-bond donors (Lipinski definition) is 0. The molecule has 0 spiro atoms. The van der Waals surface area contributed by atoms with E-state index in [1.54, 1.807) is 6.42 Å². The lowest BCUT2D eigenvalue weighted by atomic mass is 9.67. The molecule has 1 rings (SSSR count). The van der Waals surface area contributed by atoms with Crippen LogP contribution in [0.5, 0.6) is 0 Å². The van der Waals surface area contributed by atoms with Gasteiger partial charge in [0.15, 0.2) is 0 Å². The maximum Gasteiger partial charge on any atom is -0.0381 e. The van der Waals surface area contributed by atoms with Crippen molar-refractivity contribution in [1.29, 1.82) is 0 Å². The normalized spacial score (nSPS) is 26.2. The third kappa shape index (κ3) is 8.79. The summed E-state index contributed by atoms with van der Waals surface area (Å²) in [6, 6.07) is 0. The molecule has 1 fully saturated rings. The van der Waals surface area contributed by atoms with E-state index in [0.29, 0.717) is 0 Å². The molecule has 0 aromatic heterocycles. The summed E-state index contributed by atoms with van der Waals surface area (Å²) >= 11 is 0. The molecule has 0 saturated heterocycles. The Balaban J connectivity index is 2.58. The number of rotatable bonds is 14. The first-order valence-corrected chi connectivity index (χ1v) is 12.6. The summed E-state index contributed by atoms with van der Waals surface area (Å²) in [6.07, 6.45) is 20.5. The summed E-state index contributed by atoms with van der Waals surface area (Å²) in [7, 11) is 0. The van der Waals surface area contributed by atoms with Gasteiger partial charge in [-0.25, -0.2) is 0 Å². The summed E-state index contributed by atoms with van der Waals surface area (Å²) in [6.45, 7) is 14.5. The molecular weight excluding hydrogens is 312 g/mol. The van der Waals surface area contributed by atoms with Gasteiger partial charge in [0.2, 0.25) is 0 Å². The van der Waals surface area contributed by atoms with Crippen LogP contribution in [-0.4, -0.2) is 0 Å². The molecule has 0 N–H and O–H groups in total. The smallest absolute Gasteiger partial charge is 0.0381 e. The fourth-order valence-electron chi connectivity index (χ4n) is 5.77. The van der Waals surface area contributed by atoms with Crippen molar-refractivity contribution in [2.75, 3.05) is 0 Å². The van der Waals surface area contributed by atoms with Crippen molar-refractivity contribution >= 4 is 0 Å². The van der Waals surface area contributed by atoms with Crippen molar-refractivity contribution in [3.63, 3.8) is 0 Å². The van der Waals surface area contributed by atoms with Crippen molar-refractivity contribution in [3.05, 3.63) is 0 Å². The second kappa shape index (κ2) is 14.1. The highest BCUT2D eigenvalue weighted by molar-refractivity contribution is 4.83. The van der Waals surface area contributed by atoms with E-state index in [9.17, 15) is 0 Å². The van der Waals surface area contributed by atoms with E-state index in [4.69, 9.17) is 0 Å². The Labute approximate surface area is 167 Å². The molecule has 1 saturated carbocycles. The van der Waals surface area contributed by atoms with Gasteiger partial charge in [-0.15, -0.1) is 0 Å². The van der Waals surface area contributed by atoms with Gasteiger partial charge in [0, 0.05) is 0 Å². The molecule has 5 atom stereocenters. The summed E-state index contributed by atoms with van der Waals surface area (Å²) in [5.74, 6) is 6.03. The largest absolute Gasteiger partial charge is 0.0654 e. The van der Waals surface area contributed by atoms with Gasteiger partial charge in [0.1, 0.15) is 0 Å². The lowest BCUT2D eigenvalue weighted by Crippen LogP contribution is -2.28. The zero-order valence-electron chi connectivity index (χ0n) is 19.4. The molecule has 0 aromatic carbocycles. The quantitative estimate of drug-likeness (QED) is 0.288. The summed E-state index contributed by atoms with van der Waals surface area (Å²) in [5, 5.41) is 0. The standard InChI is InChI=1S/C26H52/c1-7-12-23(13-8-2)18-24-16-17-25(11-5)26(20-24)19-22(10-4)15-14-21(6)9-3/h21-26H,7-20H2,1-6H3. The molecule has 0 aliphatic heterocycles. The van der Waals surface area contributed by atoms with Crippen LogP contribution in [0.4, 0.5) is 0 Å². The van der Waals surface area contributed by atoms with Crippen LogP contribution in [0.15, 0.2) is 0 Å². The average Bonchev–Trinajstić information content (AvgIpc) is 2.65. The van der Waals surface area contributed by atoms with Gasteiger partial charge < -0.3 is 0 Å². The van der Waals surface area contributed by atoms with Crippen LogP contribution in [-0.2, 0) is 0 Å². The van der Waals surface area contributed by atoms with E-state index in [-0.39, 0.29) is 0 Å². The minimum Gasteiger partial charge on any atom is -0.0654 e. The molecule has 0 nitrogen and oxygen atoms in total. The molecule has 156 valence electrons. The molecule has 0 aromatic rings. The summed E-state index contributed by atoms with van der Waals surface area (Å²) < 4.78 is 0. The minimum absolute atomic E-state index is 0.925. The van der Waals surface area contributed by atoms with Crippen LogP contribution in [0.3, 0.4) is 0 Å². The fourth-order valence-corrected chi connectivity index (χ4v) is 5.77. The van der Waals surface area contributed by atoms with Crippen molar-refractivity contribution in [2.24, 2.45) is 35.5 Å². The van der Waals surface area contributed by atoms with Crippen LogP contribution < -0.4 is 0 Å². The average molecular weight is 365 g/mol. The van der Waals surface area contributed by atoms with Crippen molar-refractivity contribution in [3.8, 4) is 0 Å². The Kier molecular flexibility index (Phi) is 13.0. The van der Waals surface area contributed by atoms with Crippen LogP contribution in [0.1, 0.15) is 131 Å². The first-order chi connectivity index (χ1) is 12.6. The molecule has 26 heavy (non-hydrogen) atoms. The Morgan fingerprint density at radius 1 is 0.692 bits per heavy atom. The van der Waals surface area contributed by atoms with E-state index in [1.165, 1.54) is 83.5 Å². The third-order valence-corrected chi connectivity index (χ3v) is 7.81. The van der Waals surface area contributed by atoms with E-state index in [1.807, 2.05) is 0 Å². The first-order valence-electron chi connectivity index (χ1n) is 12.6. The summed E-state index contributed by atoms with van der Waals surface area (Å²) in [4.78, 5) is 0. The predicted molar refractivity (Wildman–Crippen MR) is 120 cm³/mol. The third-order valence-electron chi connectivity index (χ3n) is 7.81. The van der Waals surface area contributed by atoms with Gasteiger partial charge in [-0.05, 0) is 61.2 Å². The van der Waals surface area contributed by atoms with Gasteiger partial charge in [0.05, 0.1) is 0 Å². The topological polar surface area (TPSA) is 0 Å². The van der Waals surface area contributed by atoms with E-state index < -0.39 is 0 Å². The lowest BCUT2D eigenvalue weighted by molar-refractivity contribution is 0.123. The van der Waals surface area contributed by atoms with Gasteiger partial charge >= 0.3 is 0 Å². The monoisotopic (exact) mass is 364 g/mol. The number of hydrogen-bond acceptors (Lipinski definition) is 0. The Morgan fingerprint density at radius 3 is 1.92 bits per heavy atom. The Bertz CT molecular complexity index is 314. The molecule has 1 aliphatic rings. The molecular formula is C26H52. The molecule has 1 aliphatic carbocycles. The molecule has 0 heteroatoms. The van der Waals surface area contributed by atoms with Crippen LogP contribution in [0.25, 0.3) is 0 Å². The molecule has 5 unspecified atom stereocenters. The fraction of sp³-hybridized carbons (Fsp3) is 1.00. The zero-order chi connectivity index (χ0) is 19.4. The highest BCUT2D eigenvalue weighted by atomic mass is 14.4. The molecule has 0 radical (unpaired) electrons. The lowest BCUT2D eigenvalue weighted by Gasteiger charge is -2.39. The van der Waals surface area contributed by atoms with Gasteiger partial charge in [-0.2, -0.15) is 0 Å². The van der Waals surface area contributed by atoms with Gasteiger partial charge in [0.25, 0.3) is 0 Å². The van der Waals surface area contributed by atoms with Crippen LogP contribution >= 0.6 is 0 Å².